The largest absolute Gasteiger partial charge is 0.339 e. The highest BCUT2D eigenvalue weighted by molar-refractivity contribution is 5.97. The van der Waals surface area contributed by atoms with Crippen molar-refractivity contribution < 1.29 is 14.8 Å². The van der Waals surface area contributed by atoms with Crippen molar-refractivity contribution in [3.8, 4) is 11.8 Å². The second kappa shape index (κ2) is 12.7. The number of hydroxylamine groups is 1. The van der Waals surface area contributed by atoms with Crippen LogP contribution < -0.4 is 27.2 Å². The first-order chi connectivity index (χ1) is 16.1. The molecule has 1 fully saturated rings. The summed E-state index contributed by atoms with van der Waals surface area (Å²) in [6, 6.07) is 14.5. The summed E-state index contributed by atoms with van der Waals surface area (Å²) in [6.45, 7) is 2.81. The lowest BCUT2D eigenvalue weighted by Crippen LogP contribution is -2.50. The third-order valence-electron chi connectivity index (χ3n) is 5.55. The molecule has 2 aromatic carbocycles. The van der Waals surface area contributed by atoms with E-state index in [2.05, 4.69) is 39.9 Å². The fourth-order valence-corrected chi connectivity index (χ4v) is 3.60. The van der Waals surface area contributed by atoms with Crippen LogP contribution in [0.25, 0.3) is 0 Å². The van der Waals surface area contributed by atoms with Crippen molar-refractivity contribution in [3.63, 3.8) is 0 Å². The number of amides is 2. The number of rotatable bonds is 8. The number of hydrogen-bond donors (Lipinski definition) is 6. The van der Waals surface area contributed by atoms with Crippen LogP contribution in [0.5, 0.6) is 0 Å². The summed E-state index contributed by atoms with van der Waals surface area (Å²) in [7, 11) is 0. The lowest BCUT2D eigenvalue weighted by Gasteiger charge is -2.23. The van der Waals surface area contributed by atoms with E-state index in [9.17, 15) is 9.59 Å². The van der Waals surface area contributed by atoms with Crippen LogP contribution in [0, 0.1) is 11.8 Å². The van der Waals surface area contributed by atoms with E-state index in [1.54, 1.807) is 24.3 Å². The second-order valence-corrected chi connectivity index (χ2v) is 8.04. The topological polar surface area (TPSA) is 129 Å². The van der Waals surface area contributed by atoms with Gasteiger partial charge in [0, 0.05) is 42.4 Å². The summed E-state index contributed by atoms with van der Waals surface area (Å²) in [5.41, 5.74) is 10.2. The highest BCUT2D eigenvalue weighted by Gasteiger charge is 2.19. The molecule has 8 heteroatoms. The van der Waals surface area contributed by atoms with Crippen molar-refractivity contribution >= 4 is 11.8 Å². The van der Waals surface area contributed by atoms with Gasteiger partial charge < -0.3 is 21.7 Å². The van der Waals surface area contributed by atoms with Gasteiger partial charge in [0.05, 0.1) is 0 Å². The fraction of sp³-hybridized carbons (Fsp3) is 0.360. The molecule has 0 aliphatic carbocycles. The summed E-state index contributed by atoms with van der Waals surface area (Å²) in [5.74, 6) is 4.99. The van der Waals surface area contributed by atoms with Gasteiger partial charge in [0.1, 0.15) is 6.04 Å². The van der Waals surface area contributed by atoms with E-state index >= 15 is 0 Å². The molecule has 7 N–H and O–H groups in total. The molecule has 0 spiro atoms. The van der Waals surface area contributed by atoms with Crippen LogP contribution in [0.2, 0.25) is 0 Å². The molecule has 0 radical (unpaired) electrons. The Bertz CT molecular complexity index is 974. The molecule has 0 saturated carbocycles. The monoisotopic (exact) mass is 449 g/mol. The van der Waals surface area contributed by atoms with Gasteiger partial charge in [-0.2, -0.15) is 0 Å². The van der Waals surface area contributed by atoms with Crippen molar-refractivity contribution in [1.29, 1.82) is 0 Å². The van der Waals surface area contributed by atoms with Gasteiger partial charge in [-0.25, -0.2) is 5.48 Å². The normalized spacial score (nSPS) is 16.2. The van der Waals surface area contributed by atoms with Crippen LogP contribution in [0.3, 0.4) is 0 Å². The van der Waals surface area contributed by atoms with Crippen LogP contribution in [-0.4, -0.2) is 48.7 Å². The number of nitrogens with one attached hydrogen (secondary N) is 4. The summed E-state index contributed by atoms with van der Waals surface area (Å²) < 4.78 is 0. The summed E-state index contributed by atoms with van der Waals surface area (Å²) in [4.78, 5) is 23.7. The standard InChI is InChI=1S/C25H31N5O3/c26-15-23(25(32)30-33)29-24(31)21-12-10-19(11-13-21)5-4-18-6-8-20(9-7-18)16-27-17-22-3-1-2-14-28-22/h6-13,22-23,27-28,33H,1-3,14-17,26H2,(H,29,31)(H,30,32)/t22?,23-/m0/s1. The molecule has 0 aromatic heterocycles. The molecule has 2 aromatic rings. The first kappa shape index (κ1) is 24.4. The third-order valence-corrected chi connectivity index (χ3v) is 5.55. The smallest absolute Gasteiger partial charge is 0.267 e. The Balaban J connectivity index is 1.50. The maximum Gasteiger partial charge on any atom is 0.267 e. The Hall–Kier alpha value is -3.22. The Kier molecular flexibility index (Phi) is 9.42. The first-order valence-electron chi connectivity index (χ1n) is 11.2. The molecule has 1 heterocycles. The van der Waals surface area contributed by atoms with Crippen LogP contribution in [0.4, 0.5) is 0 Å². The lowest BCUT2D eigenvalue weighted by molar-refractivity contribution is -0.130. The maximum atomic E-state index is 12.2. The highest BCUT2D eigenvalue weighted by atomic mass is 16.5. The number of piperidine rings is 1. The van der Waals surface area contributed by atoms with Gasteiger partial charge >= 0.3 is 0 Å². The van der Waals surface area contributed by atoms with Crippen LogP contribution in [0.1, 0.15) is 46.3 Å². The van der Waals surface area contributed by atoms with Gasteiger partial charge in [0.25, 0.3) is 11.8 Å². The van der Waals surface area contributed by atoms with Gasteiger partial charge in [0.15, 0.2) is 0 Å². The average molecular weight is 450 g/mol. The first-order valence-corrected chi connectivity index (χ1v) is 11.2. The van der Waals surface area contributed by atoms with Crippen molar-refractivity contribution in [2.45, 2.75) is 37.9 Å². The van der Waals surface area contributed by atoms with E-state index < -0.39 is 17.9 Å². The minimum absolute atomic E-state index is 0.131. The quantitative estimate of drug-likeness (QED) is 0.202. The van der Waals surface area contributed by atoms with E-state index in [4.69, 9.17) is 10.9 Å². The minimum Gasteiger partial charge on any atom is -0.339 e. The van der Waals surface area contributed by atoms with Gasteiger partial charge in [-0.3, -0.25) is 14.8 Å². The highest BCUT2D eigenvalue weighted by Crippen LogP contribution is 2.08. The van der Waals surface area contributed by atoms with E-state index in [1.165, 1.54) is 30.3 Å². The predicted octanol–water partition coefficient (Wildman–Crippen LogP) is 0.881. The van der Waals surface area contributed by atoms with E-state index in [-0.39, 0.29) is 6.54 Å². The molecule has 0 bridgehead atoms. The molecule has 1 saturated heterocycles. The Morgan fingerprint density at radius 1 is 1.06 bits per heavy atom. The SMILES string of the molecule is NC[C@H](NC(=O)c1ccc(C#Cc2ccc(CNCC3CCCCN3)cc2)cc1)C(=O)NO. The number of carbonyl (C=O) groups excluding carboxylic acids is 2. The van der Waals surface area contributed by atoms with Crippen LogP contribution >= 0.6 is 0 Å². The summed E-state index contributed by atoms with van der Waals surface area (Å²) >= 11 is 0. The molecule has 1 aliphatic rings. The van der Waals surface area contributed by atoms with Gasteiger partial charge in [-0.15, -0.1) is 0 Å². The van der Waals surface area contributed by atoms with Gasteiger partial charge in [-0.1, -0.05) is 30.4 Å². The van der Waals surface area contributed by atoms with Crippen molar-refractivity contribution in [2.75, 3.05) is 19.6 Å². The molecule has 8 nitrogen and oxygen atoms in total. The molecule has 3 rings (SSSR count). The Labute approximate surface area is 194 Å². The van der Waals surface area contributed by atoms with Crippen LogP contribution in [-0.2, 0) is 11.3 Å². The van der Waals surface area contributed by atoms with Gasteiger partial charge in [-0.05, 0) is 61.3 Å². The van der Waals surface area contributed by atoms with E-state index in [1.807, 2.05) is 12.1 Å². The lowest BCUT2D eigenvalue weighted by atomic mass is 10.0. The number of benzene rings is 2. The minimum atomic E-state index is -1.01. The zero-order valence-electron chi connectivity index (χ0n) is 18.6. The number of hydrogen-bond acceptors (Lipinski definition) is 6. The molecular formula is C25H31N5O3. The molecule has 2 amide bonds. The van der Waals surface area contributed by atoms with Crippen molar-refractivity contribution in [1.82, 2.24) is 21.4 Å². The molecule has 174 valence electrons. The van der Waals surface area contributed by atoms with Crippen molar-refractivity contribution in [2.24, 2.45) is 5.73 Å². The zero-order chi connectivity index (χ0) is 23.5. The van der Waals surface area contributed by atoms with Crippen molar-refractivity contribution in [3.05, 3.63) is 70.8 Å². The van der Waals surface area contributed by atoms with E-state index in [0.29, 0.717) is 11.6 Å². The average Bonchev–Trinajstić information content (AvgIpc) is 2.87. The predicted molar refractivity (Wildman–Crippen MR) is 126 cm³/mol. The Morgan fingerprint density at radius 3 is 2.30 bits per heavy atom. The second-order valence-electron chi connectivity index (χ2n) is 8.04. The van der Waals surface area contributed by atoms with Gasteiger partial charge in [0.2, 0.25) is 0 Å². The summed E-state index contributed by atoms with van der Waals surface area (Å²) in [6.07, 6.45) is 3.82. The maximum absolute atomic E-state index is 12.2. The summed E-state index contributed by atoms with van der Waals surface area (Å²) in [5, 5.41) is 18.2. The molecule has 1 unspecified atom stereocenters. The molecule has 33 heavy (non-hydrogen) atoms. The molecular weight excluding hydrogens is 418 g/mol. The molecule has 1 aliphatic heterocycles. The third kappa shape index (κ3) is 7.70. The van der Waals surface area contributed by atoms with E-state index in [0.717, 1.165) is 30.8 Å². The zero-order valence-corrected chi connectivity index (χ0v) is 18.6. The Morgan fingerprint density at radius 2 is 1.73 bits per heavy atom. The fourth-order valence-electron chi connectivity index (χ4n) is 3.60. The number of carbonyl (C=O) groups is 2. The number of nitrogens with two attached hydrogens (primary N) is 1. The molecule has 2 atom stereocenters. The van der Waals surface area contributed by atoms with Crippen LogP contribution in [0.15, 0.2) is 48.5 Å².